The number of benzene rings is 2. The maximum atomic E-state index is 11.5. The molecular weight excluding hydrogens is 420 g/mol. The number of halogens is 2. The first-order chi connectivity index (χ1) is 9.82. The number of ether oxygens (including phenoxy) is 1. The molecule has 0 aliphatic carbocycles. The van der Waals surface area contributed by atoms with Crippen LogP contribution in [0.1, 0.15) is 16.0 Å². The number of alkyl halides is 1. The van der Waals surface area contributed by atoms with Crippen LogP contribution >= 0.6 is 31.9 Å². The van der Waals surface area contributed by atoms with Crippen molar-refractivity contribution in [3.63, 3.8) is 0 Å². The van der Waals surface area contributed by atoms with Crippen LogP contribution < -0.4 is 4.74 Å². The summed E-state index contributed by atoms with van der Waals surface area (Å²) in [6, 6.07) is 12.6. The van der Waals surface area contributed by atoms with Gasteiger partial charge in [0.05, 0.1) is 16.8 Å². The predicted octanol–water partition coefficient (Wildman–Crippen LogP) is 4.35. The highest BCUT2D eigenvalue weighted by Gasteiger charge is 2.15. The van der Waals surface area contributed by atoms with Gasteiger partial charge in [0.15, 0.2) is 9.84 Å². The molecule has 0 aliphatic heterocycles. The van der Waals surface area contributed by atoms with Gasteiger partial charge in [-0.25, -0.2) is 8.42 Å². The van der Waals surface area contributed by atoms with Crippen molar-refractivity contribution in [3.8, 4) is 5.75 Å². The molecule has 2 aromatic carbocycles. The Balaban J connectivity index is 2.34. The SMILES string of the molecule is COc1ccc(C(Br)c2ccc(S(C)(=O)=O)cc2)c(Br)c1. The Morgan fingerprint density at radius 3 is 2.19 bits per heavy atom. The van der Waals surface area contributed by atoms with Crippen LogP contribution in [0, 0.1) is 0 Å². The molecule has 2 rings (SSSR count). The predicted molar refractivity (Wildman–Crippen MR) is 91.0 cm³/mol. The molecule has 112 valence electrons. The lowest BCUT2D eigenvalue weighted by Gasteiger charge is -2.14. The van der Waals surface area contributed by atoms with Gasteiger partial charge >= 0.3 is 0 Å². The van der Waals surface area contributed by atoms with Crippen molar-refractivity contribution in [2.24, 2.45) is 0 Å². The Bertz CT molecular complexity index is 740. The first-order valence-electron chi connectivity index (χ1n) is 6.10. The molecule has 0 N–H and O–H groups in total. The maximum Gasteiger partial charge on any atom is 0.175 e. The van der Waals surface area contributed by atoms with Crippen LogP contribution in [0.5, 0.6) is 5.75 Å². The van der Waals surface area contributed by atoms with E-state index in [1.165, 1.54) is 6.26 Å². The third-order valence-corrected chi connectivity index (χ3v) is 5.92. The lowest BCUT2D eigenvalue weighted by atomic mass is 10.0. The summed E-state index contributed by atoms with van der Waals surface area (Å²) < 4.78 is 29.1. The van der Waals surface area contributed by atoms with Gasteiger partial charge in [0.25, 0.3) is 0 Å². The van der Waals surface area contributed by atoms with Crippen LogP contribution in [0.3, 0.4) is 0 Å². The molecule has 0 radical (unpaired) electrons. The summed E-state index contributed by atoms with van der Waals surface area (Å²) in [5.74, 6) is 0.776. The number of sulfone groups is 1. The standard InChI is InChI=1S/C15H14Br2O3S/c1-20-11-5-8-13(14(16)9-11)15(17)10-3-6-12(7-4-10)21(2,18)19/h3-9,15H,1-2H3. The molecule has 0 saturated carbocycles. The van der Waals surface area contributed by atoms with E-state index >= 15 is 0 Å². The fraction of sp³-hybridized carbons (Fsp3) is 0.200. The first kappa shape index (κ1) is 16.5. The summed E-state index contributed by atoms with van der Waals surface area (Å²) in [5, 5.41) is 0. The normalized spacial score (nSPS) is 13.0. The van der Waals surface area contributed by atoms with E-state index in [9.17, 15) is 8.42 Å². The zero-order valence-electron chi connectivity index (χ0n) is 11.5. The van der Waals surface area contributed by atoms with Gasteiger partial charge in [0.2, 0.25) is 0 Å². The fourth-order valence-electron chi connectivity index (χ4n) is 1.90. The van der Waals surface area contributed by atoms with Crippen molar-refractivity contribution in [2.45, 2.75) is 9.72 Å². The third-order valence-electron chi connectivity index (χ3n) is 3.08. The lowest BCUT2D eigenvalue weighted by Crippen LogP contribution is -1.99. The highest BCUT2D eigenvalue weighted by molar-refractivity contribution is 9.11. The van der Waals surface area contributed by atoms with E-state index in [0.717, 1.165) is 21.3 Å². The number of rotatable bonds is 4. The smallest absolute Gasteiger partial charge is 0.175 e. The number of hydrogen-bond donors (Lipinski definition) is 0. The van der Waals surface area contributed by atoms with Gasteiger partial charge in [-0.1, -0.05) is 50.1 Å². The van der Waals surface area contributed by atoms with Crippen LogP contribution in [0.2, 0.25) is 0 Å². The molecule has 3 nitrogen and oxygen atoms in total. The Labute approximate surface area is 141 Å². The van der Waals surface area contributed by atoms with E-state index in [-0.39, 0.29) is 4.83 Å². The van der Waals surface area contributed by atoms with Crippen LogP contribution in [-0.4, -0.2) is 21.8 Å². The fourth-order valence-corrected chi connectivity index (χ4v) is 4.13. The van der Waals surface area contributed by atoms with Gasteiger partial charge in [-0.05, 0) is 35.4 Å². The van der Waals surface area contributed by atoms with Gasteiger partial charge in [-0.15, -0.1) is 0 Å². The minimum Gasteiger partial charge on any atom is -0.497 e. The largest absolute Gasteiger partial charge is 0.497 e. The van der Waals surface area contributed by atoms with Crippen LogP contribution in [0.15, 0.2) is 51.8 Å². The van der Waals surface area contributed by atoms with Crippen molar-refractivity contribution in [3.05, 3.63) is 58.1 Å². The third kappa shape index (κ3) is 3.87. The maximum absolute atomic E-state index is 11.5. The number of methoxy groups -OCH3 is 1. The monoisotopic (exact) mass is 432 g/mol. The average molecular weight is 434 g/mol. The average Bonchev–Trinajstić information content (AvgIpc) is 2.45. The second kappa shape index (κ2) is 6.50. The Kier molecular flexibility index (Phi) is 5.11. The van der Waals surface area contributed by atoms with E-state index in [0.29, 0.717) is 4.90 Å². The topological polar surface area (TPSA) is 43.4 Å². The van der Waals surface area contributed by atoms with Crippen molar-refractivity contribution in [1.82, 2.24) is 0 Å². The summed E-state index contributed by atoms with van der Waals surface area (Å²) in [6.07, 6.45) is 1.20. The summed E-state index contributed by atoms with van der Waals surface area (Å²) in [5.41, 5.74) is 2.02. The van der Waals surface area contributed by atoms with Gasteiger partial charge < -0.3 is 4.74 Å². The molecular formula is C15H14Br2O3S. The highest BCUT2D eigenvalue weighted by Crippen LogP contribution is 2.37. The first-order valence-corrected chi connectivity index (χ1v) is 9.70. The molecule has 1 atom stereocenters. The number of hydrogen-bond acceptors (Lipinski definition) is 3. The Morgan fingerprint density at radius 1 is 1.10 bits per heavy atom. The van der Waals surface area contributed by atoms with Gasteiger partial charge in [-0.3, -0.25) is 0 Å². The van der Waals surface area contributed by atoms with Crippen molar-refractivity contribution in [2.75, 3.05) is 13.4 Å². The lowest BCUT2D eigenvalue weighted by molar-refractivity contribution is 0.414. The minimum absolute atomic E-state index is 0.0357. The molecule has 0 heterocycles. The molecule has 0 spiro atoms. The van der Waals surface area contributed by atoms with Gasteiger partial charge in [0, 0.05) is 10.7 Å². The molecule has 21 heavy (non-hydrogen) atoms. The quantitative estimate of drug-likeness (QED) is 0.673. The zero-order valence-corrected chi connectivity index (χ0v) is 15.5. The Morgan fingerprint density at radius 2 is 1.71 bits per heavy atom. The van der Waals surface area contributed by atoms with E-state index in [2.05, 4.69) is 31.9 Å². The van der Waals surface area contributed by atoms with E-state index < -0.39 is 9.84 Å². The van der Waals surface area contributed by atoms with Crippen LogP contribution in [-0.2, 0) is 9.84 Å². The van der Waals surface area contributed by atoms with Gasteiger partial charge in [0.1, 0.15) is 5.75 Å². The molecule has 0 amide bonds. The zero-order chi connectivity index (χ0) is 15.6. The van der Waals surface area contributed by atoms with Crippen LogP contribution in [0.25, 0.3) is 0 Å². The second-order valence-electron chi connectivity index (χ2n) is 4.59. The van der Waals surface area contributed by atoms with Crippen molar-refractivity contribution < 1.29 is 13.2 Å². The molecule has 6 heteroatoms. The summed E-state index contributed by atoms with van der Waals surface area (Å²) >= 11 is 7.17. The van der Waals surface area contributed by atoms with Crippen molar-refractivity contribution in [1.29, 1.82) is 0 Å². The molecule has 0 fully saturated rings. The Hall–Kier alpha value is -0.850. The molecule has 0 bridgehead atoms. The van der Waals surface area contributed by atoms with Gasteiger partial charge in [-0.2, -0.15) is 0 Å². The van der Waals surface area contributed by atoms with E-state index in [1.807, 2.05) is 30.3 Å². The second-order valence-corrected chi connectivity index (χ2v) is 8.38. The van der Waals surface area contributed by atoms with Crippen LogP contribution in [0.4, 0.5) is 0 Å². The molecule has 1 unspecified atom stereocenters. The van der Waals surface area contributed by atoms with E-state index in [1.54, 1.807) is 19.2 Å². The summed E-state index contributed by atoms with van der Waals surface area (Å²) in [4.78, 5) is 0.283. The molecule has 2 aromatic rings. The molecule has 0 aromatic heterocycles. The van der Waals surface area contributed by atoms with E-state index in [4.69, 9.17) is 4.74 Å². The minimum atomic E-state index is -3.17. The summed E-state index contributed by atoms with van der Waals surface area (Å²) in [6.45, 7) is 0. The highest BCUT2D eigenvalue weighted by atomic mass is 79.9. The summed E-state index contributed by atoms with van der Waals surface area (Å²) in [7, 11) is -1.55. The molecule has 0 saturated heterocycles. The molecule has 0 aliphatic rings. The van der Waals surface area contributed by atoms with Crippen molar-refractivity contribution >= 4 is 41.7 Å².